The van der Waals surface area contributed by atoms with E-state index in [1.807, 2.05) is 0 Å². The lowest BCUT2D eigenvalue weighted by Gasteiger charge is -2.14. The summed E-state index contributed by atoms with van der Waals surface area (Å²) in [6, 6.07) is 9.93. The molecule has 0 unspecified atom stereocenters. The van der Waals surface area contributed by atoms with E-state index in [1.165, 1.54) is 12.1 Å². The largest absolute Gasteiger partial charge is 0.489 e. The maximum absolute atomic E-state index is 12.9. The number of carbonyl (C=O) groups is 2. The van der Waals surface area contributed by atoms with E-state index in [4.69, 9.17) is 9.88 Å². The number of hydrogen-bond acceptors (Lipinski definition) is 5. The van der Waals surface area contributed by atoms with Crippen LogP contribution in [0.2, 0.25) is 0 Å². The van der Waals surface area contributed by atoms with E-state index in [0.717, 1.165) is 12.1 Å². The third-order valence-corrected chi connectivity index (χ3v) is 4.39. The lowest BCUT2D eigenvalue weighted by Crippen LogP contribution is -2.19. The zero-order valence-corrected chi connectivity index (χ0v) is 14.7. The van der Waals surface area contributed by atoms with Crippen LogP contribution in [0.25, 0.3) is 0 Å². The van der Waals surface area contributed by atoms with Crippen molar-refractivity contribution in [2.24, 2.45) is 5.14 Å². The number of ether oxygens (including phenoxy) is 1. The van der Waals surface area contributed by atoms with E-state index in [9.17, 15) is 23.1 Å². The zero-order valence-electron chi connectivity index (χ0n) is 13.9. The van der Waals surface area contributed by atoms with Crippen LogP contribution in [-0.2, 0) is 10.0 Å². The van der Waals surface area contributed by atoms with Crippen molar-refractivity contribution >= 4 is 21.8 Å². The van der Waals surface area contributed by atoms with Crippen molar-refractivity contribution in [3.05, 3.63) is 71.3 Å². The number of aromatic carboxylic acids is 1. The summed E-state index contributed by atoms with van der Waals surface area (Å²) >= 11 is 0. The van der Waals surface area contributed by atoms with Gasteiger partial charge in [-0.15, -0.1) is 0 Å². The first-order valence-electron chi connectivity index (χ1n) is 7.53. The Morgan fingerprint density at radius 3 is 2.35 bits per heavy atom. The average Bonchev–Trinajstić information content (AvgIpc) is 2.60. The molecule has 0 bridgehead atoms. The van der Waals surface area contributed by atoms with Gasteiger partial charge in [0.15, 0.2) is 5.78 Å². The maximum atomic E-state index is 12.9. The Kier molecular flexibility index (Phi) is 5.91. The van der Waals surface area contributed by atoms with Crippen LogP contribution in [-0.4, -0.2) is 31.9 Å². The smallest absolute Gasteiger partial charge is 0.335 e. The van der Waals surface area contributed by atoms with Crippen LogP contribution in [0.5, 0.6) is 5.75 Å². The second-order valence-corrected chi connectivity index (χ2v) is 6.80. The molecule has 26 heavy (non-hydrogen) atoms. The summed E-state index contributed by atoms with van der Waals surface area (Å²) in [7, 11) is -4.38. The number of benzene rings is 2. The molecule has 0 saturated carbocycles. The fourth-order valence-corrected chi connectivity index (χ4v) is 3.01. The van der Waals surface area contributed by atoms with E-state index in [-0.39, 0.29) is 29.0 Å². The summed E-state index contributed by atoms with van der Waals surface area (Å²) in [5.41, 5.74) is -0.432. The molecule has 0 amide bonds. The second kappa shape index (κ2) is 7.94. The van der Waals surface area contributed by atoms with Gasteiger partial charge in [0.1, 0.15) is 12.4 Å². The molecule has 0 radical (unpaired) electrons. The van der Waals surface area contributed by atoms with Gasteiger partial charge in [-0.25, -0.2) is 18.4 Å². The molecule has 0 aliphatic rings. The highest BCUT2D eigenvalue weighted by Gasteiger charge is 2.27. The van der Waals surface area contributed by atoms with Gasteiger partial charge < -0.3 is 9.84 Å². The van der Waals surface area contributed by atoms with Crippen LogP contribution in [0, 0.1) is 0 Å². The quantitative estimate of drug-likeness (QED) is 0.565. The minimum Gasteiger partial charge on any atom is -0.489 e. The molecule has 0 fully saturated rings. The molecule has 7 nitrogen and oxygen atoms in total. The topological polar surface area (TPSA) is 124 Å². The standard InChI is InChI=1S/C18H17NO6S/c1-2-3-9-25-14-10-13(18(21)22)11-15(26(19,23)24)16(14)17(20)12-7-5-4-6-8-12/h2-8,10-11H,9H2,1H3,(H,21,22)(H2,19,23,24). The van der Waals surface area contributed by atoms with Crippen molar-refractivity contribution in [2.45, 2.75) is 11.8 Å². The van der Waals surface area contributed by atoms with Crippen molar-refractivity contribution in [3.8, 4) is 5.75 Å². The molecule has 0 aliphatic carbocycles. The molecular formula is C18H17NO6S. The van der Waals surface area contributed by atoms with Gasteiger partial charge in [0.05, 0.1) is 16.0 Å². The Hall–Kier alpha value is -2.97. The minimum atomic E-state index is -4.38. The fraction of sp³-hybridized carbons (Fsp3) is 0.111. The molecule has 8 heteroatoms. The highest BCUT2D eigenvalue weighted by atomic mass is 32.2. The van der Waals surface area contributed by atoms with Crippen molar-refractivity contribution < 1.29 is 27.9 Å². The van der Waals surface area contributed by atoms with Gasteiger partial charge in [0.25, 0.3) is 0 Å². The van der Waals surface area contributed by atoms with Crippen LogP contribution in [0.15, 0.2) is 59.5 Å². The first-order chi connectivity index (χ1) is 12.3. The van der Waals surface area contributed by atoms with Crippen LogP contribution < -0.4 is 9.88 Å². The number of nitrogens with two attached hydrogens (primary N) is 1. The van der Waals surface area contributed by atoms with Crippen molar-refractivity contribution in [2.75, 3.05) is 6.61 Å². The molecule has 0 aliphatic heterocycles. The van der Waals surface area contributed by atoms with Crippen LogP contribution in [0.1, 0.15) is 33.2 Å². The number of carboxylic acids is 1. The lowest BCUT2D eigenvalue weighted by molar-refractivity contribution is 0.0695. The van der Waals surface area contributed by atoms with E-state index in [1.54, 1.807) is 37.3 Å². The Morgan fingerprint density at radius 1 is 1.15 bits per heavy atom. The van der Waals surface area contributed by atoms with Crippen molar-refractivity contribution in [1.82, 2.24) is 0 Å². The summed E-state index contributed by atoms with van der Waals surface area (Å²) in [5.74, 6) is -2.17. The molecule has 0 saturated heterocycles. The SMILES string of the molecule is CC=CCOc1cc(C(=O)O)cc(S(N)(=O)=O)c1C(=O)c1ccccc1. The van der Waals surface area contributed by atoms with Crippen molar-refractivity contribution in [1.29, 1.82) is 0 Å². The second-order valence-electron chi connectivity index (χ2n) is 5.27. The Labute approximate surface area is 150 Å². The number of ketones is 1. The first-order valence-corrected chi connectivity index (χ1v) is 9.08. The highest BCUT2D eigenvalue weighted by Crippen LogP contribution is 2.30. The van der Waals surface area contributed by atoms with Crippen LogP contribution >= 0.6 is 0 Å². The summed E-state index contributed by atoms with van der Waals surface area (Å²) < 4.78 is 29.5. The minimum absolute atomic E-state index is 0.0265. The number of rotatable bonds is 7. The third kappa shape index (κ3) is 4.35. The summed E-state index contributed by atoms with van der Waals surface area (Å²) in [6.07, 6.45) is 3.32. The molecule has 2 aromatic carbocycles. The van der Waals surface area contributed by atoms with Gasteiger partial charge in [-0.05, 0) is 19.1 Å². The van der Waals surface area contributed by atoms with Gasteiger partial charge >= 0.3 is 5.97 Å². The van der Waals surface area contributed by atoms with E-state index in [0.29, 0.717) is 0 Å². The van der Waals surface area contributed by atoms with Gasteiger partial charge in [-0.2, -0.15) is 0 Å². The Balaban J connectivity index is 2.76. The predicted molar refractivity (Wildman–Crippen MR) is 95.0 cm³/mol. The van der Waals surface area contributed by atoms with Crippen LogP contribution in [0.3, 0.4) is 0 Å². The average molecular weight is 375 g/mol. The molecule has 0 heterocycles. The summed E-state index contributed by atoms with van der Waals surface area (Å²) in [6.45, 7) is 1.78. The van der Waals surface area contributed by atoms with Crippen LogP contribution in [0.4, 0.5) is 0 Å². The van der Waals surface area contributed by atoms with E-state index < -0.39 is 26.7 Å². The number of primary sulfonamides is 1. The normalized spacial score (nSPS) is 11.5. The van der Waals surface area contributed by atoms with Crippen molar-refractivity contribution in [3.63, 3.8) is 0 Å². The highest BCUT2D eigenvalue weighted by molar-refractivity contribution is 7.89. The monoisotopic (exact) mass is 375 g/mol. The van der Waals surface area contributed by atoms with Gasteiger partial charge in [-0.1, -0.05) is 42.5 Å². The number of carbonyl (C=O) groups excluding carboxylic acids is 1. The lowest BCUT2D eigenvalue weighted by atomic mass is 10.0. The van der Waals surface area contributed by atoms with Gasteiger partial charge in [-0.3, -0.25) is 4.79 Å². The molecule has 0 atom stereocenters. The molecule has 0 aromatic heterocycles. The molecule has 2 aromatic rings. The number of allylic oxidation sites excluding steroid dienone is 1. The van der Waals surface area contributed by atoms with E-state index in [2.05, 4.69) is 0 Å². The first kappa shape index (κ1) is 19.4. The predicted octanol–water partition coefficient (Wildman–Crippen LogP) is 2.22. The van der Waals surface area contributed by atoms with E-state index >= 15 is 0 Å². The third-order valence-electron chi connectivity index (χ3n) is 3.45. The Bertz CT molecular complexity index is 965. The Morgan fingerprint density at radius 2 is 1.81 bits per heavy atom. The van der Waals surface area contributed by atoms with Gasteiger partial charge in [0, 0.05) is 5.56 Å². The summed E-state index contributed by atoms with van der Waals surface area (Å²) in [5, 5.41) is 14.5. The number of hydrogen-bond donors (Lipinski definition) is 2. The number of carboxylic acid groups (broad SMARTS) is 1. The fourth-order valence-electron chi connectivity index (χ4n) is 2.24. The molecule has 3 N–H and O–H groups in total. The molecular weight excluding hydrogens is 358 g/mol. The van der Waals surface area contributed by atoms with Gasteiger partial charge in [0.2, 0.25) is 10.0 Å². The molecule has 2 rings (SSSR count). The number of sulfonamides is 1. The molecule has 136 valence electrons. The molecule has 0 spiro atoms. The summed E-state index contributed by atoms with van der Waals surface area (Å²) in [4.78, 5) is 23.6. The zero-order chi connectivity index (χ0) is 19.3. The maximum Gasteiger partial charge on any atom is 0.335 e.